The number of fused-ring (bicyclic) bond motifs is 1. The molecule has 1 atom stereocenters. The van der Waals surface area contributed by atoms with E-state index in [2.05, 4.69) is 18.0 Å². The van der Waals surface area contributed by atoms with Gasteiger partial charge in [-0.3, -0.25) is 0 Å². The number of aromatic nitrogens is 1. The molecule has 1 aromatic carbocycles. The van der Waals surface area contributed by atoms with Crippen molar-refractivity contribution in [1.82, 2.24) is 4.98 Å². The molecule has 0 aliphatic heterocycles. The number of methoxy groups -OCH3 is 1. The zero-order chi connectivity index (χ0) is 16.4. The molecule has 1 aromatic heterocycles. The molecule has 0 saturated carbocycles. The smallest absolute Gasteiger partial charge is 0.161 e. The minimum atomic E-state index is 0.0851. The Kier molecular flexibility index (Phi) is 4.35. The first-order chi connectivity index (χ1) is 11.1. The molecule has 0 bridgehead atoms. The molecule has 0 amide bonds. The fraction of sp³-hybridized carbons (Fsp3) is 0.333. The lowest BCUT2D eigenvalue weighted by Gasteiger charge is -2.15. The topological polar surface area (TPSA) is 66.1 Å². The van der Waals surface area contributed by atoms with Crippen LogP contribution in [0.3, 0.4) is 0 Å². The number of phenolic OH excluding ortho intramolecular Hbond substituents is 1. The highest BCUT2D eigenvalue weighted by Crippen LogP contribution is 2.34. The predicted molar refractivity (Wildman–Crippen MR) is 91.4 cm³/mol. The monoisotopic (exact) mass is 326 g/mol. The first-order valence-electron chi connectivity index (χ1n) is 7.58. The van der Waals surface area contributed by atoms with Gasteiger partial charge in [-0.25, -0.2) is 4.98 Å². The first kappa shape index (κ1) is 15.6. The van der Waals surface area contributed by atoms with E-state index in [0.29, 0.717) is 17.2 Å². The van der Waals surface area contributed by atoms with Gasteiger partial charge in [-0.1, -0.05) is 13.0 Å². The summed E-state index contributed by atoms with van der Waals surface area (Å²) in [6.45, 7) is 2.26. The molecule has 23 heavy (non-hydrogen) atoms. The third kappa shape index (κ3) is 3.22. The number of aromatic hydroxyl groups is 1. The number of hydrogen-bond acceptors (Lipinski definition) is 5. The van der Waals surface area contributed by atoms with Crippen LogP contribution in [0.4, 0.5) is 0 Å². The molecule has 0 spiro atoms. The number of ether oxygens (including phenoxy) is 1. The van der Waals surface area contributed by atoms with Crippen molar-refractivity contribution in [2.45, 2.75) is 26.2 Å². The summed E-state index contributed by atoms with van der Waals surface area (Å²) in [7, 11) is 1.50. The van der Waals surface area contributed by atoms with Crippen LogP contribution in [0, 0.1) is 17.2 Å². The van der Waals surface area contributed by atoms with Crippen molar-refractivity contribution in [2.75, 3.05) is 7.11 Å². The standard InChI is InChI=1S/C18H18N2O2S/c1-11-3-5-14-17(7-11)23-18(20-14)13(10-19)8-12-4-6-15(21)16(9-12)22-2/h4,6,8-9,11,21H,3,5,7H2,1-2H3/b13-8+/t11-/m0/s1. The number of phenols is 1. The van der Waals surface area contributed by atoms with Gasteiger partial charge in [-0.05, 0) is 49.0 Å². The van der Waals surface area contributed by atoms with Gasteiger partial charge in [0, 0.05) is 4.88 Å². The van der Waals surface area contributed by atoms with Gasteiger partial charge in [0.25, 0.3) is 0 Å². The van der Waals surface area contributed by atoms with Gasteiger partial charge >= 0.3 is 0 Å². The highest BCUT2D eigenvalue weighted by Gasteiger charge is 2.21. The molecular formula is C18H18N2O2S. The Balaban J connectivity index is 1.95. The Morgan fingerprint density at radius 3 is 3.09 bits per heavy atom. The van der Waals surface area contributed by atoms with Crippen molar-refractivity contribution in [3.05, 3.63) is 39.3 Å². The van der Waals surface area contributed by atoms with E-state index in [-0.39, 0.29) is 5.75 Å². The largest absolute Gasteiger partial charge is 0.504 e. The number of aryl methyl sites for hydroxylation is 1. The molecule has 0 unspecified atom stereocenters. The zero-order valence-electron chi connectivity index (χ0n) is 13.2. The molecule has 1 aliphatic carbocycles. The summed E-state index contributed by atoms with van der Waals surface area (Å²) in [6.07, 6.45) is 5.00. The second kappa shape index (κ2) is 6.43. The number of allylic oxidation sites excluding steroid dienone is 1. The lowest BCUT2D eigenvalue weighted by atomic mass is 9.93. The summed E-state index contributed by atoms with van der Waals surface area (Å²) >= 11 is 1.62. The molecule has 4 nitrogen and oxygen atoms in total. The summed E-state index contributed by atoms with van der Waals surface area (Å²) < 4.78 is 5.11. The number of thiazole rings is 1. The molecule has 2 aromatic rings. The highest BCUT2D eigenvalue weighted by atomic mass is 32.1. The summed E-state index contributed by atoms with van der Waals surface area (Å²) in [5, 5.41) is 19.9. The Hall–Kier alpha value is -2.32. The number of benzene rings is 1. The molecule has 0 saturated heterocycles. The maximum absolute atomic E-state index is 9.66. The van der Waals surface area contributed by atoms with Crippen LogP contribution in [0.1, 0.15) is 34.5 Å². The normalized spacial score (nSPS) is 17.4. The van der Waals surface area contributed by atoms with Gasteiger partial charge in [-0.2, -0.15) is 5.26 Å². The maximum atomic E-state index is 9.66. The van der Waals surface area contributed by atoms with Crippen LogP contribution in [0.2, 0.25) is 0 Å². The number of rotatable bonds is 3. The highest BCUT2D eigenvalue weighted by molar-refractivity contribution is 7.13. The minimum Gasteiger partial charge on any atom is -0.504 e. The Labute approximate surface area is 139 Å². The van der Waals surface area contributed by atoms with Crippen molar-refractivity contribution >= 4 is 23.0 Å². The lowest BCUT2D eigenvalue weighted by molar-refractivity contribution is 0.373. The predicted octanol–water partition coefficient (Wildman–Crippen LogP) is 4.05. The van der Waals surface area contributed by atoms with E-state index in [1.807, 2.05) is 0 Å². The average molecular weight is 326 g/mol. The van der Waals surface area contributed by atoms with E-state index < -0.39 is 0 Å². The minimum absolute atomic E-state index is 0.0851. The Morgan fingerprint density at radius 1 is 1.52 bits per heavy atom. The van der Waals surface area contributed by atoms with Gasteiger partial charge in [-0.15, -0.1) is 11.3 Å². The van der Waals surface area contributed by atoms with Crippen LogP contribution in [0.5, 0.6) is 11.5 Å². The van der Waals surface area contributed by atoms with Crippen LogP contribution < -0.4 is 4.74 Å². The molecule has 118 valence electrons. The number of nitriles is 1. The molecule has 1 N–H and O–H groups in total. The SMILES string of the molecule is COc1cc(/C=C(\C#N)c2nc3c(s2)C[C@@H](C)CC3)ccc1O. The van der Waals surface area contributed by atoms with Crippen molar-refractivity contribution in [3.63, 3.8) is 0 Å². The van der Waals surface area contributed by atoms with Crippen molar-refractivity contribution < 1.29 is 9.84 Å². The second-order valence-electron chi connectivity index (χ2n) is 5.84. The van der Waals surface area contributed by atoms with E-state index in [1.54, 1.807) is 35.6 Å². The fourth-order valence-electron chi connectivity index (χ4n) is 2.75. The van der Waals surface area contributed by atoms with E-state index in [9.17, 15) is 10.4 Å². The lowest BCUT2D eigenvalue weighted by Crippen LogP contribution is -2.09. The van der Waals surface area contributed by atoms with E-state index in [0.717, 1.165) is 35.5 Å². The van der Waals surface area contributed by atoms with Gasteiger partial charge in [0.05, 0.1) is 18.4 Å². The maximum Gasteiger partial charge on any atom is 0.161 e. The fourth-order valence-corrected chi connectivity index (χ4v) is 3.98. The Morgan fingerprint density at radius 2 is 2.35 bits per heavy atom. The summed E-state index contributed by atoms with van der Waals surface area (Å²) in [5.74, 6) is 1.16. The average Bonchev–Trinajstić information content (AvgIpc) is 2.96. The van der Waals surface area contributed by atoms with Gasteiger partial charge in [0.15, 0.2) is 11.5 Å². The molecular weight excluding hydrogens is 308 g/mol. The molecule has 1 aliphatic rings. The van der Waals surface area contributed by atoms with Gasteiger partial charge < -0.3 is 9.84 Å². The summed E-state index contributed by atoms with van der Waals surface area (Å²) in [5.41, 5.74) is 2.50. The van der Waals surface area contributed by atoms with Gasteiger partial charge in [0.1, 0.15) is 11.1 Å². The van der Waals surface area contributed by atoms with E-state index in [4.69, 9.17) is 4.74 Å². The van der Waals surface area contributed by atoms with E-state index in [1.165, 1.54) is 12.0 Å². The molecule has 1 heterocycles. The third-order valence-corrected chi connectivity index (χ3v) is 5.20. The number of nitrogens with zero attached hydrogens (tertiary/aromatic N) is 2. The van der Waals surface area contributed by atoms with Crippen LogP contribution >= 0.6 is 11.3 Å². The molecule has 0 fully saturated rings. The van der Waals surface area contributed by atoms with Crippen LogP contribution in [0.25, 0.3) is 11.6 Å². The van der Waals surface area contributed by atoms with Crippen LogP contribution in [-0.2, 0) is 12.8 Å². The van der Waals surface area contributed by atoms with Crippen LogP contribution in [0.15, 0.2) is 18.2 Å². The summed E-state index contributed by atoms with van der Waals surface area (Å²) in [6, 6.07) is 7.27. The molecule has 3 rings (SSSR count). The Bertz CT molecular complexity index is 802. The second-order valence-corrected chi connectivity index (χ2v) is 6.92. The van der Waals surface area contributed by atoms with E-state index >= 15 is 0 Å². The molecule has 0 radical (unpaired) electrons. The zero-order valence-corrected chi connectivity index (χ0v) is 14.0. The first-order valence-corrected chi connectivity index (χ1v) is 8.40. The van der Waals surface area contributed by atoms with Crippen molar-refractivity contribution in [3.8, 4) is 17.6 Å². The van der Waals surface area contributed by atoms with Gasteiger partial charge in [0.2, 0.25) is 0 Å². The molecule has 5 heteroatoms. The van der Waals surface area contributed by atoms with Crippen molar-refractivity contribution in [2.24, 2.45) is 5.92 Å². The number of hydrogen-bond donors (Lipinski definition) is 1. The van der Waals surface area contributed by atoms with Crippen LogP contribution in [-0.4, -0.2) is 17.2 Å². The quantitative estimate of drug-likeness (QED) is 0.864. The van der Waals surface area contributed by atoms with Crippen molar-refractivity contribution in [1.29, 1.82) is 5.26 Å². The third-order valence-electron chi connectivity index (χ3n) is 4.05. The summed E-state index contributed by atoms with van der Waals surface area (Å²) in [4.78, 5) is 5.97.